The molecule has 0 aliphatic carbocycles. The molecule has 0 spiro atoms. The van der Waals surface area contributed by atoms with Crippen LogP contribution in [0.1, 0.15) is 1.37 Å². The van der Waals surface area contributed by atoms with Crippen LogP contribution in [0.4, 0.5) is 0 Å². The van der Waals surface area contributed by atoms with Crippen LogP contribution in [0.3, 0.4) is 0 Å². The standard InChI is InChI=1S/C20H19NOSi/c1-23(2,3)18-12-7-9-15-14-8-6-10-16(19(14)22-20(15)18)17-11-4-5-13-21-17/h4-13H,1-3H3/i4D. The van der Waals surface area contributed by atoms with Gasteiger partial charge in [-0.2, -0.15) is 0 Å². The second kappa shape index (κ2) is 5.07. The minimum absolute atomic E-state index is 0.455. The van der Waals surface area contributed by atoms with Crippen LogP contribution in [-0.4, -0.2) is 13.1 Å². The highest BCUT2D eigenvalue weighted by Gasteiger charge is 2.23. The molecule has 3 heteroatoms. The third kappa shape index (κ3) is 2.28. The molecule has 2 heterocycles. The summed E-state index contributed by atoms with van der Waals surface area (Å²) in [5, 5.41) is 3.61. The molecule has 0 bridgehead atoms. The Balaban J connectivity index is 2.09. The smallest absolute Gasteiger partial charge is 0.144 e. The minimum atomic E-state index is -1.51. The van der Waals surface area contributed by atoms with Crippen molar-refractivity contribution < 1.29 is 5.79 Å². The van der Waals surface area contributed by atoms with Gasteiger partial charge in [-0.05, 0) is 23.4 Å². The Morgan fingerprint density at radius 3 is 2.39 bits per heavy atom. The second-order valence-electron chi connectivity index (χ2n) is 6.86. The Morgan fingerprint density at radius 1 is 0.913 bits per heavy atom. The lowest BCUT2D eigenvalue weighted by atomic mass is 10.1. The van der Waals surface area contributed by atoms with Crippen LogP contribution >= 0.6 is 0 Å². The second-order valence-corrected chi connectivity index (χ2v) is 11.9. The summed E-state index contributed by atoms with van der Waals surface area (Å²) < 4.78 is 14.2. The van der Waals surface area contributed by atoms with Gasteiger partial charge in [0.2, 0.25) is 0 Å². The van der Waals surface area contributed by atoms with Crippen LogP contribution < -0.4 is 5.19 Å². The molecule has 0 saturated carbocycles. The van der Waals surface area contributed by atoms with Gasteiger partial charge >= 0.3 is 0 Å². The lowest BCUT2D eigenvalue weighted by molar-refractivity contribution is 0.672. The number of furan rings is 1. The van der Waals surface area contributed by atoms with Crippen molar-refractivity contribution in [3.63, 3.8) is 0 Å². The van der Waals surface area contributed by atoms with Crippen LogP contribution in [0.5, 0.6) is 0 Å². The molecule has 0 fully saturated rings. The molecule has 0 N–H and O–H groups in total. The number of fused-ring (bicyclic) bond motifs is 3. The van der Waals surface area contributed by atoms with Gasteiger partial charge in [0.1, 0.15) is 11.2 Å². The maximum Gasteiger partial charge on any atom is 0.144 e. The minimum Gasteiger partial charge on any atom is -0.455 e. The number of pyridine rings is 1. The van der Waals surface area contributed by atoms with E-state index >= 15 is 0 Å². The fourth-order valence-corrected chi connectivity index (χ4v) is 4.55. The number of para-hydroxylation sites is 2. The molecule has 0 aliphatic heterocycles. The summed E-state index contributed by atoms with van der Waals surface area (Å²) in [6.45, 7) is 7.00. The maximum absolute atomic E-state index is 7.85. The molecule has 0 atom stereocenters. The summed E-state index contributed by atoms with van der Waals surface area (Å²) in [6, 6.07) is 16.5. The largest absolute Gasteiger partial charge is 0.455 e. The van der Waals surface area contributed by atoms with E-state index in [1.54, 1.807) is 18.3 Å². The predicted octanol–water partition coefficient (Wildman–Crippen LogP) is 5.19. The van der Waals surface area contributed by atoms with Gasteiger partial charge in [0, 0.05) is 22.5 Å². The average Bonchev–Trinajstić information content (AvgIpc) is 2.92. The predicted molar refractivity (Wildman–Crippen MR) is 99.9 cm³/mol. The molecular formula is C20H19NOSi. The van der Waals surface area contributed by atoms with Gasteiger partial charge in [-0.25, -0.2) is 0 Å². The first kappa shape index (κ1) is 13.1. The van der Waals surface area contributed by atoms with Gasteiger partial charge in [0.05, 0.1) is 15.1 Å². The van der Waals surface area contributed by atoms with Gasteiger partial charge in [0.15, 0.2) is 0 Å². The van der Waals surface area contributed by atoms with Crippen molar-refractivity contribution in [2.75, 3.05) is 0 Å². The molecular weight excluding hydrogens is 298 g/mol. The summed E-state index contributed by atoms with van der Waals surface area (Å²) in [5.74, 6) is 0. The van der Waals surface area contributed by atoms with Crippen LogP contribution in [0, 0.1) is 0 Å². The molecule has 4 aromatic rings. The van der Waals surface area contributed by atoms with Crippen molar-refractivity contribution in [1.29, 1.82) is 0 Å². The third-order valence-electron chi connectivity index (χ3n) is 4.21. The van der Waals surface area contributed by atoms with Crippen molar-refractivity contribution in [3.05, 3.63) is 60.8 Å². The monoisotopic (exact) mass is 318 g/mol. The average molecular weight is 318 g/mol. The van der Waals surface area contributed by atoms with E-state index in [9.17, 15) is 0 Å². The number of aromatic nitrogens is 1. The molecule has 23 heavy (non-hydrogen) atoms. The Kier molecular flexibility index (Phi) is 2.88. The van der Waals surface area contributed by atoms with Gasteiger partial charge in [-0.1, -0.05) is 56.0 Å². The van der Waals surface area contributed by atoms with Crippen LogP contribution in [0.2, 0.25) is 19.6 Å². The van der Waals surface area contributed by atoms with Crippen molar-refractivity contribution in [1.82, 2.24) is 4.98 Å². The Labute approximate surface area is 138 Å². The molecule has 0 aliphatic rings. The molecule has 0 amide bonds. The van der Waals surface area contributed by atoms with E-state index in [0.717, 1.165) is 33.2 Å². The van der Waals surface area contributed by atoms with Crippen LogP contribution in [-0.2, 0) is 0 Å². The van der Waals surface area contributed by atoms with Crippen molar-refractivity contribution in [3.8, 4) is 11.3 Å². The third-order valence-corrected chi connectivity index (χ3v) is 6.22. The SMILES string of the molecule is [2H]c1ccnc(-c2cccc3c2oc2c([Si](C)(C)C)cccc23)c1. The van der Waals surface area contributed by atoms with E-state index in [0.29, 0.717) is 6.04 Å². The Bertz CT molecular complexity index is 1060. The Morgan fingerprint density at radius 2 is 1.65 bits per heavy atom. The first-order valence-electron chi connectivity index (χ1n) is 8.33. The van der Waals surface area contributed by atoms with E-state index in [1.807, 2.05) is 12.1 Å². The number of hydrogen-bond donors (Lipinski definition) is 0. The normalized spacial score (nSPS) is 12.7. The fourth-order valence-electron chi connectivity index (χ4n) is 3.08. The highest BCUT2D eigenvalue weighted by Crippen LogP contribution is 2.34. The Hall–Kier alpha value is -2.39. The molecule has 0 radical (unpaired) electrons. The summed E-state index contributed by atoms with van der Waals surface area (Å²) >= 11 is 0. The molecule has 2 aromatic heterocycles. The number of hydrogen-bond acceptors (Lipinski definition) is 2. The summed E-state index contributed by atoms with van der Waals surface area (Å²) in [7, 11) is -1.51. The van der Waals surface area contributed by atoms with E-state index in [1.165, 1.54) is 5.19 Å². The van der Waals surface area contributed by atoms with Crippen molar-refractivity contribution in [2.45, 2.75) is 19.6 Å². The topological polar surface area (TPSA) is 26.0 Å². The molecule has 2 aromatic carbocycles. The maximum atomic E-state index is 7.85. The van der Waals surface area contributed by atoms with Crippen LogP contribution in [0.15, 0.2) is 65.2 Å². The van der Waals surface area contributed by atoms with E-state index in [4.69, 9.17) is 5.79 Å². The number of benzene rings is 2. The summed E-state index contributed by atoms with van der Waals surface area (Å²) in [6.07, 6.45) is 1.67. The zero-order valence-corrected chi connectivity index (χ0v) is 14.6. The molecule has 0 unspecified atom stereocenters. The van der Waals surface area contributed by atoms with Gasteiger partial charge in [-0.3, -0.25) is 4.98 Å². The van der Waals surface area contributed by atoms with Crippen molar-refractivity contribution in [2.24, 2.45) is 0 Å². The number of nitrogens with zero attached hydrogens (tertiary/aromatic N) is 1. The number of rotatable bonds is 2. The molecule has 2 nitrogen and oxygen atoms in total. The molecule has 4 rings (SSSR count). The molecule has 114 valence electrons. The van der Waals surface area contributed by atoms with Gasteiger partial charge in [-0.15, -0.1) is 0 Å². The first-order valence-corrected chi connectivity index (χ1v) is 11.3. The van der Waals surface area contributed by atoms with Crippen LogP contribution in [0.25, 0.3) is 33.2 Å². The zero-order valence-electron chi connectivity index (χ0n) is 14.6. The lowest BCUT2D eigenvalue weighted by Gasteiger charge is -2.16. The van der Waals surface area contributed by atoms with E-state index in [2.05, 4.69) is 48.9 Å². The lowest BCUT2D eigenvalue weighted by Crippen LogP contribution is -2.37. The van der Waals surface area contributed by atoms with Crippen molar-refractivity contribution >= 4 is 35.2 Å². The molecule has 0 saturated heterocycles. The highest BCUT2D eigenvalue weighted by molar-refractivity contribution is 6.90. The summed E-state index contributed by atoms with van der Waals surface area (Å²) in [5.41, 5.74) is 3.58. The quantitative estimate of drug-likeness (QED) is 0.475. The van der Waals surface area contributed by atoms with E-state index < -0.39 is 8.07 Å². The fraction of sp³-hybridized carbons (Fsp3) is 0.150. The van der Waals surface area contributed by atoms with Gasteiger partial charge < -0.3 is 4.42 Å². The first-order chi connectivity index (χ1) is 11.4. The zero-order chi connectivity index (χ0) is 16.9. The summed E-state index contributed by atoms with van der Waals surface area (Å²) in [4.78, 5) is 4.43. The van der Waals surface area contributed by atoms with Gasteiger partial charge in [0.25, 0.3) is 0 Å². The van der Waals surface area contributed by atoms with E-state index in [-0.39, 0.29) is 0 Å². The highest BCUT2D eigenvalue weighted by atomic mass is 28.3.